The first-order valence-corrected chi connectivity index (χ1v) is 10.7. The molecule has 3 rings (SSSR count). The van der Waals surface area contributed by atoms with E-state index in [0.717, 1.165) is 6.08 Å². The lowest BCUT2D eigenvalue weighted by Crippen LogP contribution is -2.71. The fourth-order valence-electron chi connectivity index (χ4n) is 3.94. The van der Waals surface area contributed by atoms with E-state index >= 15 is 0 Å². The molecule has 2 fully saturated rings. The highest BCUT2D eigenvalue weighted by Crippen LogP contribution is 2.50. The summed E-state index contributed by atoms with van der Waals surface area (Å²) in [5, 5.41) is 21.4. The van der Waals surface area contributed by atoms with Crippen molar-refractivity contribution in [2.45, 2.75) is 42.1 Å². The van der Waals surface area contributed by atoms with Gasteiger partial charge in [0.05, 0.1) is 7.11 Å². The number of β-lactam (4-membered cyclic amide) rings is 1. The van der Waals surface area contributed by atoms with E-state index in [4.69, 9.17) is 0 Å². The van der Waals surface area contributed by atoms with Crippen LogP contribution in [-0.2, 0) is 23.9 Å². The number of hydrogen-bond donors (Lipinski definition) is 3. The van der Waals surface area contributed by atoms with Crippen molar-refractivity contribution in [1.29, 1.82) is 0 Å². The molecule has 0 aromatic heterocycles. The van der Waals surface area contributed by atoms with Crippen molar-refractivity contribution >= 4 is 35.5 Å². The van der Waals surface area contributed by atoms with E-state index < -0.39 is 52.0 Å². The number of carbonyl (C=O) groups excluding carboxylic acids is 3. The molecule has 2 heterocycles. The predicted octanol–water partition coefficient (Wildman–Crippen LogP) is 0.684. The normalized spacial score (nSPS) is 24.4. The number of thioether (sulfide) groups is 1. The number of amides is 2. The summed E-state index contributed by atoms with van der Waals surface area (Å²) >= 11 is 1.33. The van der Waals surface area contributed by atoms with Crippen molar-refractivity contribution in [3.8, 4) is 5.75 Å². The van der Waals surface area contributed by atoms with Gasteiger partial charge in [-0.15, -0.1) is 11.8 Å². The van der Waals surface area contributed by atoms with Gasteiger partial charge in [-0.05, 0) is 31.5 Å². The fraction of sp³-hybridized carbons (Fsp3) is 0.429. The smallest absolute Gasteiger partial charge is 0.331 e. The van der Waals surface area contributed by atoms with Crippen LogP contribution in [0.3, 0.4) is 0 Å². The molecule has 1 aromatic rings. The number of nitrogens with one attached hydrogen (secondary N) is 1. The molecule has 2 aliphatic heterocycles. The van der Waals surface area contributed by atoms with Crippen molar-refractivity contribution in [2.24, 2.45) is 0 Å². The van der Waals surface area contributed by atoms with Gasteiger partial charge in [0.15, 0.2) is 0 Å². The second-order valence-electron chi connectivity index (χ2n) is 8.08. The maximum Gasteiger partial charge on any atom is 0.331 e. The molecule has 32 heavy (non-hydrogen) atoms. The second-order valence-corrected chi connectivity index (χ2v) is 9.85. The van der Waals surface area contributed by atoms with Crippen LogP contribution in [0.25, 0.3) is 0 Å². The van der Waals surface area contributed by atoms with Crippen molar-refractivity contribution < 1.29 is 34.1 Å². The summed E-state index contributed by atoms with van der Waals surface area (Å²) in [7, 11) is 2.81. The number of fused-ring (bicyclic) bond motifs is 1. The number of likely N-dealkylation sites (N-methyl/N-ethyl adjacent to an activating group) is 1. The molecule has 0 bridgehead atoms. The molecule has 0 spiro atoms. The zero-order valence-corrected chi connectivity index (χ0v) is 18.8. The Morgan fingerprint density at radius 3 is 2.47 bits per heavy atom. The molecule has 1 aromatic carbocycles. The summed E-state index contributed by atoms with van der Waals surface area (Å²) in [6.45, 7) is 3.51. The van der Waals surface area contributed by atoms with E-state index in [1.807, 2.05) is 0 Å². The van der Waals surface area contributed by atoms with E-state index in [1.165, 1.54) is 47.0 Å². The van der Waals surface area contributed by atoms with Gasteiger partial charge in [0.1, 0.15) is 29.2 Å². The molecule has 0 saturated carbocycles. The lowest BCUT2D eigenvalue weighted by molar-refractivity contribution is -0.161. The third-order valence-corrected chi connectivity index (χ3v) is 7.06. The fourth-order valence-corrected chi connectivity index (χ4v) is 5.56. The van der Waals surface area contributed by atoms with Gasteiger partial charge < -0.3 is 30.1 Å². The summed E-state index contributed by atoms with van der Waals surface area (Å²) in [5.41, 5.74) is 0.517. The number of carboxylic acids is 1. The van der Waals surface area contributed by atoms with E-state index in [9.17, 15) is 29.4 Å². The quantitative estimate of drug-likeness (QED) is 0.303. The number of phenols is 1. The number of esters is 1. The first kappa shape index (κ1) is 23.5. The Labute approximate surface area is 189 Å². The topological polar surface area (TPSA) is 136 Å². The molecule has 3 N–H and O–H groups in total. The molecule has 0 aliphatic carbocycles. The van der Waals surface area contributed by atoms with Crippen LogP contribution in [0.2, 0.25) is 0 Å². The number of ether oxygens (including phenoxy) is 1. The number of benzene rings is 1. The molecule has 0 radical (unpaired) electrons. The number of carboxylic acid groups (broad SMARTS) is 1. The van der Waals surface area contributed by atoms with Gasteiger partial charge >= 0.3 is 11.9 Å². The summed E-state index contributed by atoms with van der Waals surface area (Å²) < 4.78 is 3.87. The SMILES string of the molecule is COC(=O)/C=C/N(C)C(C(=O)NC1C(=O)N2[C@@H]1SC(C)(C)[C@@H]2C(=O)O)c1ccc(O)cc1. The molecule has 11 heteroatoms. The standard InChI is InChI=1S/C21H25N3O7S/c1-21(2)16(20(29)30)24-18(28)14(19(24)32-21)22-17(27)15(11-5-7-12(25)8-6-11)23(3)10-9-13(26)31-4/h5-10,14-16,19,25H,1-4H3,(H,22,27)(H,29,30)/b10-9+/t14?,15?,16-,19+/m0/s1. The molecule has 2 unspecified atom stereocenters. The minimum Gasteiger partial charge on any atom is -0.508 e. The van der Waals surface area contributed by atoms with Crippen LogP contribution in [0.15, 0.2) is 36.5 Å². The lowest BCUT2D eigenvalue weighted by atomic mass is 9.95. The summed E-state index contributed by atoms with van der Waals surface area (Å²) in [6.07, 6.45) is 2.54. The number of phenolic OH excluding ortho intramolecular Hbond substituents is 1. The van der Waals surface area contributed by atoms with Gasteiger partial charge in [-0.2, -0.15) is 0 Å². The van der Waals surface area contributed by atoms with Gasteiger partial charge in [0, 0.05) is 24.1 Å². The molecule has 2 amide bonds. The van der Waals surface area contributed by atoms with E-state index in [-0.39, 0.29) is 5.75 Å². The monoisotopic (exact) mass is 463 g/mol. The number of hydrogen-bond acceptors (Lipinski definition) is 8. The average Bonchev–Trinajstić information content (AvgIpc) is 2.99. The summed E-state index contributed by atoms with van der Waals surface area (Å²) in [5.74, 6) is -2.63. The molecule has 2 aliphatic rings. The minimum absolute atomic E-state index is 0.0229. The van der Waals surface area contributed by atoms with Crippen LogP contribution in [0.4, 0.5) is 0 Å². The first-order chi connectivity index (χ1) is 15.0. The van der Waals surface area contributed by atoms with Crippen molar-refractivity contribution in [2.75, 3.05) is 14.2 Å². The Balaban J connectivity index is 1.82. The predicted molar refractivity (Wildman–Crippen MR) is 115 cm³/mol. The van der Waals surface area contributed by atoms with Crippen LogP contribution < -0.4 is 5.32 Å². The van der Waals surface area contributed by atoms with Crippen molar-refractivity contribution in [3.05, 3.63) is 42.1 Å². The van der Waals surface area contributed by atoms with Gasteiger partial charge in [0.2, 0.25) is 11.8 Å². The number of aliphatic carboxylic acids is 1. The molecular weight excluding hydrogens is 438 g/mol. The molecule has 172 valence electrons. The highest BCUT2D eigenvalue weighted by Gasteiger charge is 2.64. The largest absolute Gasteiger partial charge is 0.508 e. The summed E-state index contributed by atoms with van der Waals surface area (Å²) in [4.78, 5) is 51.9. The third kappa shape index (κ3) is 4.24. The van der Waals surface area contributed by atoms with Crippen molar-refractivity contribution in [1.82, 2.24) is 15.1 Å². The molecule has 2 saturated heterocycles. The van der Waals surface area contributed by atoms with Crippen molar-refractivity contribution in [3.63, 3.8) is 0 Å². The molecule has 4 atom stereocenters. The Morgan fingerprint density at radius 1 is 1.28 bits per heavy atom. The number of aromatic hydroxyl groups is 1. The van der Waals surface area contributed by atoms with Crippen LogP contribution in [-0.4, -0.2) is 80.1 Å². The number of rotatable bonds is 7. The first-order valence-electron chi connectivity index (χ1n) is 9.78. The highest BCUT2D eigenvalue weighted by atomic mass is 32.2. The molecule has 10 nitrogen and oxygen atoms in total. The molecular formula is C21H25N3O7S. The Morgan fingerprint density at radius 2 is 1.91 bits per heavy atom. The van der Waals surface area contributed by atoms with Gasteiger partial charge in [-0.25, -0.2) is 9.59 Å². The summed E-state index contributed by atoms with van der Waals surface area (Å²) in [6, 6.07) is 3.21. The minimum atomic E-state index is -1.09. The van der Waals surface area contributed by atoms with Gasteiger partial charge in [0.25, 0.3) is 0 Å². The number of methoxy groups -OCH3 is 1. The van der Waals surface area contributed by atoms with Crippen LogP contribution >= 0.6 is 11.8 Å². The van der Waals surface area contributed by atoms with Gasteiger partial charge in [-0.3, -0.25) is 9.59 Å². The van der Waals surface area contributed by atoms with Gasteiger partial charge in [-0.1, -0.05) is 12.1 Å². The maximum atomic E-state index is 13.2. The zero-order chi connectivity index (χ0) is 23.8. The van der Waals surface area contributed by atoms with Crippen LogP contribution in [0, 0.1) is 0 Å². The van der Waals surface area contributed by atoms with E-state index in [0.29, 0.717) is 5.56 Å². The Kier molecular flexibility index (Phi) is 6.40. The number of nitrogens with zero attached hydrogens (tertiary/aromatic N) is 2. The average molecular weight is 464 g/mol. The Bertz CT molecular complexity index is 963. The zero-order valence-electron chi connectivity index (χ0n) is 18.0. The lowest BCUT2D eigenvalue weighted by Gasteiger charge is -2.44. The Hall–Kier alpha value is -3.21. The second kappa shape index (κ2) is 8.73. The van der Waals surface area contributed by atoms with Crippen LogP contribution in [0.1, 0.15) is 25.5 Å². The highest BCUT2D eigenvalue weighted by molar-refractivity contribution is 8.01. The number of carbonyl (C=O) groups is 4. The maximum absolute atomic E-state index is 13.2. The van der Waals surface area contributed by atoms with E-state index in [2.05, 4.69) is 10.1 Å². The van der Waals surface area contributed by atoms with E-state index in [1.54, 1.807) is 33.0 Å². The van der Waals surface area contributed by atoms with Crippen LogP contribution in [0.5, 0.6) is 5.75 Å². The third-order valence-electron chi connectivity index (χ3n) is 5.48.